The van der Waals surface area contributed by atoms with E-state index in [1.807, 2.05) is 6.92 Å². The van der Waals surface area contributed by atoms with Crippen LogP contribution in [0.4, 0.5) is 0 Å². The third-order valence-electron chi connectivity index (χ3n) is 5.00. The number of ether oxygens (including phenoxy) is 1. The maximum Gasteiger partial charge on any atom is 0.177 e. The predicted octanol–water partition coefficient (Wildman–Crippen LogP) is 4.18. The lowest BCUT2D eigenvalue weighted by Gasteiger charge is -2.38. The lowest BCUT2D eigenvalue weighted by Crippen LogP contribution is -2.36. The number of phenols is 1. The van der Waals surface area contributed by atoms with Crippen LogP contribution >= 0.6 is 11.6 Å². The number of hydrogen-bond donors (Lipinski definition) is 2. The van der Waals surface area contributed by atoms with Crippen molar-refractivity contribution in [2.75, 3.05) is 7.11 Å². The fourth-order valence-electron chi connectivity index (χ4n) is 3.85. The molecule has 0 amide bonds. The van der Waals surface area contributed by atoms with E-state index in [9.17, 15) is 15.2 Å². The molecule has 1 unspecified atom stereocenters. The quantitative estimate of drug-likeness (QED) is 0.813. The lowest BCUT2D eigenvalue weighted by molar-refractivity contribution is -0.118. The third kappa shape index (κ3) is 2.85. The van der Waals surface area contributed by atoms with Gasteiger partial charge in [0.15, 0.2) is 17.3 Å². The number of halogens is 1. The third-order valence-corrected chi connectivity index (χ3v) is 5.40. The first-order chi connectivity index (χ1) is 12.2. The number of Topliss-reactive ketones (excluding diaryl/α,β-unsaturated/α-hetero) is 1. The second kappa shape index (κ2) is 6.37. The van der Waals surface area contributed by atoms with Gasteiger partial charge in [0.1, 0.15) is 0 Å². The molecule has 0 bridgehead atoms. The van der Waals surface area contributed by atoms with Crippen molar-refractivity contribution in [1.29, 1.82) is 5.26 Å². The van der Waals surface area contributed by atoms with Crippen LogP contribution in [-0.4, -0.2) is 18.0 Å². The summed E-state index contributed by atoms with van der Waals surface area (Å²) >= 11 is 6.40. The molecule has 1 aromatic carbocycles. The minimum Gasteiger partial charge on any atom is -0.503 e. The molecule has 6 heteroatoms. The molecule has 2 aliphatic rings. The Morgan fingerprint density at radius 3 is 2.69 bits per heavy atom. The molecule has 1 aliphatic carbocycles. The molecule has 0 radical (unpaired) electrons. The number of ketones is 1. The van der Waals surface area contributed by atoms with Crippen LogP contribution in [0.3, 0.4) is 0 Å². The van der Waals surface area contributed by atoms with E-state index < -0.39 is 5.92 Å². The summed E-state index contributed by atoms with van der Waals surface area (Å²) in [4.78, 5) is 13.0. The number of dihydropyridines is 1. The average molecular weight is 373 g/mol. The van der Waals surface area contributed by atoms with Crippen LogP contribution in [0.25, 0.3) is 0 Å². The molecule has 1 heterocycles. The van der Waals surface area contributed by atoms with Crippen LogP contribution in [0, 0.1) is 16.7 Å². The maximum atomic E-state index is 13.0. The minimum atomic E-state index is -0.593. The lowest BCUT2D eigenvalue weighted by atomic mass is 9.69. The fraction of sp³-hybridized carbons (Fsp3) is 0.400. The van der Waals surface area contributed by atoms with Crippen LogP contribution in [-0.2, 0) is 4.79 Å². The highest BCUT2D eigenvalue weighted by Gasteiger charge is 2.42. The first-order valence-corrected chi connectivity index (χ1v) is 8.77. The number of nitriles is 1. The predicted molar refractivity (Wildman–Crippen MR) is 98.9 cm³/mol. The van der Waals surface area contributed by atoms with E-state index in [4.69, 9.17) is 16.3 Å². The van der Waals surface area contributed by atoms with E-state index in [0.717, 1.165) is 5.70 Å². The number of methoxy groups -OCH3 is 1. The molecule has 136 valence electrons. The van der Waals surface area contributed by atoms with E-state index in [0.29, 0.717) is 35.2 Å². The Hall–Kier alpha value is -2.45. The number of carbonyl (C=O) groups excluding carboxylic acids is 1. The molecule has 26 heavy (non-hydrogen) atoms. The van der Waals surface area contributed by atoms with Crippen LogP contribution in [0.5, 0.6) is 11.5 Å². The van der Waals surface area contributed by atoms with Crippen molar-refractivity contribution in [3.8, 4) is 17.6 Å². The van der Waals surface area contributed by atoms with Gasteiger partial charge in [-0.15, -0.1) is 0 Å². The number of hydrogen-bond acceptors (Lipinski definition) is 5. The monoisotopic (exact) mass is 372 g/mol. The molecule has 0 saturated heterocycles. The van der Waals surface area contributed by atoms with Crippen LogP contribution in [0.15, 0.2) is 34.7 Å². The summed E-state index contributed by atoms with van der Waals surface area (Å²) in [5, 5.41) is 23.4. The molecule has 0 spiro atoms. The normalized spacial score (nSPS) is 21.8. The molecule has 5 nitrogen and oxygen atoms in total. The number of nitrogens with one attached hydrogen (secondary N) is 1. The summed E-state index contributed by atoms with van der Waals surface area (Å²) in [5.41, 5.74) is 2.92. The topological polar surface area (TPSA) is 82.3 Å². The van der Waals surface area contributed by atoms with Gasteiger partial charge in [-0.25, -0.2) is 0 Å². The van der Waals surface area contributed by atoms with Gasteiger partial charge in [-0.3, -0.25) is 4.79 Å². The number of benzene rings is 1. The van der Waals surface area contributed by atoms with Crippen LogP contribution < -0.4 is 10.1 Å². The molecule has 2 N–H and O–H groups in total. The Kier molecular flexibility index (Phi) is 4.49. The zero-order valence-electron chi connectivity index (χ0n) is 15.2. The summed E-state index contributed by atoms with van der Waals surface area (Å²) in [6.07, 6.45) is 1.11. The van der Waals surface area contributed by atoms with Crippen molar-refractivity contribution in [2.24, 2.45) is 5.41 Å². The zero-order valence-corrected chi connectivity index (χ0v) is 16.0. The number of rotatable bonds is 2. The van der Waals surface area contributed by atoms with Gasteiger partial charge in [0.2, 0.25) is 0 Å². The first-order valence-electron chi connectivity index (χ1n) is 8.39. The van der Waals surface area contributed by atoms with Crippen molar-refractivity contribution >= 4 is 17.4 Å². The minimum absolute atomic E-state index is 0.000347. The van der Waals surface area contributed by atoms with Gasteiger partial charge in [-0.1, -0.05) is 31.5 Å². The van der Waals surface area contributed by atoms with E-state index in [1.54, 1.807) is 12.1 Å². The van der Waals surface area contributed by atoms with Gasteiger partial charge >= 0.3 is 0 Å². The van der Waals surface area contributed by atoms with E-state index in [1.165, 1.54) is 7.11 Å². The SMILES string of the molecule is COc1ccc(C2C(C#N)=C(C)NC3=C2C(=O)CC(C)(C)C3)c(Cl)c1O. The molecular formula is C20H21ClN2O3. The average Bonchev–Trinajstić information content (AvgIpc) is 2.55. The van der Waals surface area contributed by atoms with Gasteiger partial charge in [0, 0.05) is 23.4 Å². The van der Waals surface area contributed by atoms with E-state index in [2.05, 4.69) is 25.2 Å². The number of nitrogens with zero attached hydrogens (tertiary/aromatic N) is 1. The molecule has 0 aromatic heterocycles. The summed E-state index contributed by atoms with van der Waals surface area (Å²) < 4.78 is 5.09. The molecule has 1 aliphatic heterocycles. The Bertz CT molecular complexity index is 906. The Morgan fingerprint density at radius 2 is 2.08 bits per heavy atom. The first kappa shape index (κ1) is 18.3. The molecule has 1 atom stereocenters. The highest BCUT2D eigenvalue weighted by molar-refractivity contribution is 6.33. The summed E-state index contributed by atoms with van der Waals surface area (Å²) in [6.45, 7) is 5.92. The smallest absolute Gasteiger partial charge is 0.177 e. The van der Waals surface area contributed by atoms with Gasteiger partial charge in [0.05, 0.1) is 29.7 Å². The highest BCUT2D eigenvalue weighted by atomic mass is 35.5. The number of phenolic OH excluding ortho intramolecular Hbond substituents is 1. The van der Waals surface area contributed by atoms with Crippen molar-refractivity contribution in [1.82, 2.24) is 5.32 Å². The number of carbonyl (C=O) groups is 1. The van der Waals surface area contributed by atoms with Crippen molar-refractivity contribution in [3.63, 3.8) is 0 Å². The fourth-order valence-corrected chi connectivity index (χ4v) is 4.11. The van der Waals surface area contributed by atoms with Crippen LogP contribution in [0.1, 0.15) is 45.1 Å². The summed E-state index contributed by atoms with van der Waals surface area (Å²) in [6, 6.07) is 5.52. The Labute approximate surface area is 157 Å². The van der Waals surface area contributed by atoms with Gasteiger partial charge < -0.3 is 15.2 Å². The largest absolute Gasteiger partial charge is 0.503 e. The molecule has 1 aromatic rings. The van der Waals surface area contributed by atoms with Gasteiger partial charge in [-0.05, 0) is 30.4 Å². The second-order valence-electron chi connectivity index (χ2n) is 7.56. The summed E-state index contributed by atoms with van der Waals surface area (Å²) in [5.74, 6) is -0.535. The van der Waals surface area contributed by atoms with Crippen LogP contribution in [0.2, 0.25) is 5.02 Å². The standard InChI is InChI=1S/C20H21ClN2O3/c1-10-12(9-22)16(11-5-6-15(26-4)19(25)18(11)21)17-13(23-10)7-20(2,3)8-14(17)24/h5-6,16,23,25H,7-8H2,1-4H3. The Balaban J connectivity index is 2.24. The molecule has 0 fully saturated rings. The van der Waals surface area contributed by atoms with Gasteiger partial charge in [-0.2, -0.15) is 5.26 Å². The van der Waals surface area contributed by atoms with Gasteiger partial charge in [0.25, 0.3) is 0 Å². The van der Waals surface area contributed by atoms with Crippen molar-refractivity contribution in [2.45, 2.75) is 39.5 Å². The molecular weight excluding hydrogens is 352 g/mol. The summed E-state index contributed by atoms with van der Waals surface area (Å²) in [7, 11) is 1.44. The van der Waals surface area contributed by atoms with Crippen molar-refractivity contribution < 1.29 is 14.6 Å². The highest BCUT2D eigenvalue weighted by Crippen LogP contribution is 2.49. The maximum absolute atomic E-state index is 13.0. The zero-order chi connectivity index (χ0) is 19.2. The number of aromatic hydroxyl groups is 1. The Morgan fingerprint density at radius 1 is 1.38 bits per heavy atom. The molecule has 3 rings (SSSR count). The molecule has 0 saturated carbocycles. The van der Waals surface area contributed by atoms with Crippen molar-refractivity contribution in [3.05, 3.63) is 45.3 Å². The van der Waals surface area contributed by atoms with E-state index >= 15 is 0 Å². The second-order valence-corrected chi connectivity index (χ2v) is 7.94. The van der Waals surface area contributed by atoms with E-state index in [-0.39, 0.29) is 27.7 Å². The number of allylic oxidation sites excluding steroid dienone is 4.